The van der Waals surface area contributed by atoms with Gasteiger partial charge in [0, 0.05) is 18.9 Å². The van der Waals surface area contributed by atoms with Crippen LogP contribution in [0.15, 0.2) is 42.5 Å². The molecule has 1 aliphatic heterocycles. The molecule has 1 fully saturated rings. The van der Waals surface area contributed by atoms with Crippen LogP contribution in [0.4, 0.5) is 0 Å². The molecule has 0 saturated carbocycles. The van der Waals surface area contributed by atoms with E-state index in [1.165, 1.54) is 17.2 Å². The number of fused-ring (bicyclic) bond motifs is 1. The fourth-order valence-corrected chi connectivity index (χ4v) is 2.94. The Labute approximate surface area is 113 Å². The summed E-state index contributed by atoms with van der Waals surface area (Å²) in [6, 6.07) is 14.9. The van der Waals surface area contributed by atoms with E-state index in [9.17, 15) is 4.79 Å². The average Bonchev–Trinajstić information content (AvgIpc) is 2.92. The van der Waals surface area contributed by atoms with E-state index in [1.54, 1.807) is 0 Å². The Morgan fingerprint density at radius 1 is 1.16 bits per heavy atom. The van der Waals surface area contributed by atoms with Crippen LogP contribution in [0.3, 0.4) is 0 Å². The third-order valence-electron chi connectivity index (χ3n) is 3.90. The van der Waals surface area contributed by atoms with Gasteiger partial charge in [0.25, 0.3) is 0 Å². The van der Waals surface area contributed by atoms with E-state index in [0.717, 1.165) is 18.5 Å². The predicted octanol–water partition coefficient (Wildman–Crippen LogP) is 3.09. The van der Waals surface area contributed by atoms with Crippen molar-refractivity contribution in [3.8, 4) is 0 Å². The van der Waals surface area contributed by atoms with Crippen molar-refractivity contribution in [1.82, 2.24) is 5.32 Å². The highest BCUT2D eigenvalue weighted by molar-refractivity contribution is 5.91. The summed E-state index contributed by atoms with van der Waals surface area (Å²) in [7, 11) is 0. The normalized spacial score (nSPS) is 18.8. The molecule has 0 aliphatic carbocycles. The fourth-order valence-electron chi connectivity index (χ4n) is 2.94. The van der Waals surface area contributed by atoms with Crippen LogP contribution in [0, 0.1) is 0 Å². The zero-order valence-electron chi connectivity index (χ0n) is 11.1. The molecule has 0 aromatic heterocycles. The first-order valence-corrected chi connectivity index (χ1v) is 7.04. The van der Waals surface area contributed by atoms with Crippen LogP contribution < -0.4 is 5.32 Å². The van der Waals surface area contributed by atoms with Crippen molar-refractivity contribution < 1.29 is 4.79 Å². The Hall–Kier alpha value is -1.67. The van der Waals surface area contributed by atoms with Crippen LogP contribution in [0.25, 0.3) is 10.8 Å². The van der Waals surface area contributed by atoms with Crippen molar-refractivity contribution in [3.05, 3.63) is 48.0 Å². The van der Waals surface area contributed by atoms with Gasteiger partial charge in [0.05, 0.1) is 0 Å². The minimum atomic E-state index is 0.343. The van der Waals surface area contributed by atoms with Gasteiger partial charge in [-0.15, -0.1) is 0 Å². The summed E-state index contributed by atoms with van der Waals surface area (Å²) in [6.07, 6.45) is 3.57. The minimum absolute atomic E-state index is 0.343. The van der Waals surface area contributed by atoms with Gasteiger partial charge < -0.3 is 5.32 Å². The molecule has 3 rings (SSSR count). The standard InChI is InChI=1S/C17H19NO/c19-16(12-15-8-4-10-18-15)11-14-7-3-6-13-5-1-2-9-17(13)14/h1-3,5-7,9,15,18H,4,8,10-12H2. The number of Topliss-reactive ketones (excluding diaryl/α,β-unsaturated/α-hetero) is 1. The van der Waals surface area contributed by atoms with Crippen molar-refractivity contribution in [2.45, 2.75) is 31.7 Å². The maximum Gasteiger partial charge on any atom is 0.138 e. The fraction of sp³-hybridized carbons (Fsp3) is 0.353. The average molecular weight is 253 g/mol. The van der Waals surface area contributed by atoms with Crippen molar-refractivity contribution >= 4 is 16.6 Å². The number of hydrogen-bond donors (Lipinski definition) is 1. The van der Waals surface area contributed by atoms with Crippen LogP contribution in [-0.4, -0.2) is 18.4 Å². The van der Waals surface area contributed by atoms with Crippen LogP contribution in [0.2, 0.25) is 0 Å². The highest BCUT2D eigenvalue weighted by Crippen LogP contribution is 2.20. The van der Waals surface area contributed by atoms with Gasteiger partial charge in [0.1, 0.15) is 5.78 Å². The molecule has 1 N–H and O–H groups in total. The second-order valence-electron chi connectivity index (χ2n) is 5.35. The summed E-state index contributed by atoms with van der Waals surface area (Å²) >= 11 is 0. The lowest BCUT2D eigenvalue weighted by atomic mass is 9.98. The zero-order valence-corrected chi connectivity index (χ0v) is 11.1. The Balaban J connectivity index is 1.75. The third-order valence-corrected chi connectivity index (χ3v) is 3.90. The lowest BCUT2D eigenvalue weighted by Crippen LogP contribution is -2.25. The third kappa shape index (κ3) is 2.85. The monoisotopic (exact) mass is 253 g/mol. The Morgan fingerprint density at radius 3 is 2.84 bits per heavy atom. The number of benzene rings is 2. The molecule has 0 amide bonds. The molecule has 2 heteroatoms. The van der Waals surface area contributed by atoms with Gasteiger partial charge in [-0.1, -0.05) is 42.5 Å². The Kier molecular flexibility index (Phi) is 3.60. The number of ketones is 1. The molecule has 0 spiro atoms. The molecule has 2 aromatic carbocycles. The smallest absolute Gasteiger partial charge is 0.138 e. The van der Waals surface area contributed by atoms with Gasteiger partial charge in [-0.25, -0.2) is 0 Å². The second kappa shape index (κ2) is 5.54. The van der Waals surface area contributed by atoms with E-state index >= 15 is 0 Å². The van der Waals surface area contributed by atoms with Crippen LogP contribution in [0.1, 0.15) is 24.8 Å². The van der Waals surface area contributed by atoms with E-state index in [4.69, 9.17) is 0 Å². The van der Waals surface area contributed by atoms with E-state index in [0.29, 0.717) is 24.7 Å². The summed E-state index contributed by atoms with van der Waals surface area (Å²) in [5.41, 5.74) is 1.15. The number of carbonyl (C=O) groups excluding carboxylic acids is 1. The highest BCUT2D eigenvalue weighted by atomic mass is 16.1. The molecule has 1 aliphatic rings. The summed E-state index contributed by atoms with van der Waals surface area (Å²) in [6.45, 7) is 1.06. The number of rotatable bonds is 4. The highest BCUT2D eigenvalue weighted by Gasteiger charge is 2.18. The largest absolute Gasteiger partial charge is 0.314 e. The molecule has 19 heavy (non-hydrogen) atoms. The molecular weight excluding hydrogens is 234 g/mol. The van der Waals surface area contributed by atoms with Crippen LogP contribution >= 0.6 is 0 Å². The molecule has 0 radical (unpaired) electrons. The van der Waals surface area contributed by atoms with Crippen molar-refractivity contribution in [2.75, 3.05) is 6.54 Å². The SMILES string of the molecule is O=C(Cc1cccc2ccccc12)CC1CCCN1. The van der Waals surface area contributed by atoms with Crippen molar-refractivity contribution in [1.29, 1.82) is 0 Å². The summed E-state index contributed by atoms with van der Waals surface area (Å²) in [5, 5.41) is 5.81. The van der Waals surface area contributed by atoms with Gasteiger partial charge in [-0.3, -0.25) is 4.79 Å². The maximum atomic E-state index is 12.2. The van der Waals surface area contributed by atoms with Crippen LogP contribution in [-0.2, 0) is 11.2 Å². The lowest BCUT2D eigenvalue weighted by molar-refractivity contribution is -0.118. The van der Waals surface area contributed by atoms with Crippen molar-refractivity contribution in [2.24, 2.45) is 0 Å². The summed E-state index contributed by atoms with van der Waals surface area (Å²) in [5.74, 6) is 0.343. The molecular formula is C17H19NO. The Bertz CT molecular complexity index is 579. The predicted molar refractivity (Wildman–Crippen MR) is 78.3 cm³/mol. The first-order chi connectivity index (χ1) is 9.33. The van der Waals surface area contributed by atoms with E-state index in [-0.39, 0.29) is 0 Å². The Morgan fingerprint density at radius 2 is 2.00 bits per heavy atom. The van der Waals surface area contributed by atoms with E-state index < -0.39 is 0 Å². The molecule has 1 atom stereocenters. The minimum Gasteiger partial charge on any atom is -0.314 e. The molecule has 2 aromatic rings. The van der Waals surface area contributed by atoms with Crippen LogP contribution in [0.5, 0.6) is 0 Å². The molecule has 98 valence electrons. The molecule has 0 bridgehead atoms. The van der Waals surface area contributed by atoms with E-state index in [2.05, 4.69) is 29.6 Å². The summed E-state index contributed by atoms with van der Waals surface area (Å²) in [4.78, 5) is 12.2. The first-order valence-electron chi connectivity index (χ1n) is 7.04. The number of carbonyl (C=O) groups is 1. The quantitative estimate of drug-likeness (QED) is 0.907. The van der Waals surface area contributed by atoms with Gasteiger partial charge in [0.2, 0.25) is 0 Å². The second-order valence-corrected chi connectivity index (χ2v) is 5.35. The molecule has 1 saturated heterocycles. The molecule has 1 heterocycles. The van der Waals surface area contributed by atoms with Gasteiger partial charge >= 0.3 is 0 Å². The first kappa shape index (κ1) is 12.4. The number of nitrogens with one attached hydrogen (secondary N) is 1. The van der Waals surface area contributed by atoms with E-state index in [1.807, 2.05) is 18.2 Å². The number of hydrogen-bond acceptors (Lipinski definition) is 2. The molecule has 2 nitrogen and oxygen atoms in total. The zero-order chi connectivity index (χ0) is 13.1. The lowest BCUT2D eigenvalue weighted by Gasteiger charge is -2.10. The van der Waals surface area contributed by atoms with Gasteiger partial charge in [0.15, 0.2) is 0 Å². The van der Waals surface area contributed by atoms with Gasteiger partial charge in [-0.2, -0.15) is 0 Å². The van der Waals surface area contributed by atoms with Gasteiger partial charge in [-0.05, 0) is 35.7 Å². The topological polar surface area (TPSA) is 29.1 Å². The maximum absolute atomic E-state index is 12.2. The summed E-state index contributed by atoms with van der Waals surface area (Å²) < 4.78 is 0. The molecule has 1 unspecified atom stereocenters. The van der Waals surface area contributed by atoms with Crippen molar-refractivity contribution in [3.63, 3.8) is 0 Å².